The Morgan fingerprint density at radius 2 is 1.93 bits per heavy atom. The molecular weight excluding hydrogens is 386 g/mol. The molecule has 4 rings (SSSR count). The second-order valence-corrected chi connectivity index (χ2v) is 10.4. The van der Waals surface area contributed by atoms with Crippen LogP contribution in [0.4, 0.5) is 0 Å². The summed E-state index contributed by atoms with van der Waals surface area (Å²) < 4.78 is 29.2. The van der Waals surface area contributed by atoms with Gasteiger partial charge in [0.15, 0.2) is 0 Å². The molecule has 2 atom stereocenters. The first-order valence-electron chi connectivity index (χ1n) is 10.4. The average Bonchev–Trinajstić information content (AvgIpc) is 3.10. The number of nitrogens with one attached hydrogen (secondary N) is 1. The van der Waals surface area contributed by atoms with E-state index in [9.17, 15) is 13.2 Å². The third kappa shape index (κ3) is 4.12. The van der Waals surface area contributed by atoms with Crippen LogP contribution in [0, 0.1) is 5.92 Å². The number of sulfonamides is 1. The molecule has 1 aromatic carbocycles. The van der Waals surface area contributed by atoms with Crippen molar-refractivity contribution in [3.05, 3.63) is 53.3 Å². The SMILES string of the molecule is CC1CCCN(S(=O)(=O)c2cc(C(=O)NC3CCc4ccccc4C3)n(C)c2)C1. The minimum Gasteiger partial charge on any atom is -0.348 e. The average molecular weight is 416 g/mol. The van der Waals surface area contributed by atoms with E-state index in [0.29, 0.717) is 24.7 Å². The summed E-state index contributed by atoms with van der Waals surface area (Å²) in [7, 11) is -1.85. The van der Waals surface area contributed by atoms with Crippen molar-refractivity contribution in [1.82, 2.24) is 14.2 Å². The Morgan fingerprint density at radius 3 is 2.69 bits per heavy atom. The number of carbonyl (C=O) groups excluding carboxylic acids is 1. The van der Waals surface area contributed by atoms with Gasteiger partial charge in [-0.3, -0.25) is 4.79 Å². The number of amides is 1. The van der Waals surface area contributed by atoms with E-state index in [2.05, 4.69) is 24.4 Å². The van der Waals surface area contributed by atoms with E-state index in [1.807, 2.05) is 12.1 Å². The number of aromatic nitrogens is 1. The molecular formula is C22H29N3O3S. The first-order chi connectivity index (χ1) is 13.8. The zero-order valence-electron chi connectivity index (χ0n) is 17.1. The molecule has 0 saturated carbocycles. The van der Waals surface area contributed by atoms with Gasteiger partial charge in [0.05, 0.1) is 0 Å². The summed E-state index contributed by atoms with van der Waals surface area (Å²) in [5, 5.41) is 3.10. The fourth-order valence-corrected chi connectivity index (χ4v) is 6.17. The molecule has 1 aliphatic heterocycles. The fourth-order valence-electron chi connectivity index (χ4n) is 4.50. The van der Waals surface area contributed by atoms with Gasteiger partial charge in [-0.15, -0.1) is 0 Å². The number of nitrogens with zero attached hydrogens (tertiary/aromatic N) is 2. The molecule has 2 aliphatic rings. The van der Waals surface area contributed by atoms with E-state index < -0.39 is 10.0 Å². The maximum absolute atomic E-state index is 13.0. The smallest absolute Gasteiger partial charge is 0.268 e. The van der Waals surface area contributed by atoms with Gasteiger partial charge < -0.3 is 9.88 Å². The lowest BCUT2D eigenvalue weighted by molar-refractivity contribution is 0.0925. The molecule has 0 radical (unpaired) electrons. The Morgan fingerprint density at radius 1 is 1.17 bits per heavy atom. The summed E-state index contributed by atoms with van der Waals surface area (Å²) >= 11 is 0. The molecule has 1 aromatic heterocycles. The maximum atomic E-state index is 13.0. The van der Waals surface area contributed by atoms with Gasteiger partial charge in [-0.25, -0.2) is 8.42 Å². The van der Waals surface area contributed by atoms with Gasteiger partial charge in [-0.1, -0.05) is 31.2 Å². The number of piperidine rings is 1. The molecule has 156 valence electrons. The van der Waals surface area contributed by atoms with E-state index in [0.717, 1.165) is 32.1 Å². The van der Waals surface area contributed by atoms with Gasteiger partial charge in [-0.05, 0) is 55.2 Å². The van der Waals surface area contributed by atoms with E-state index in [1.54, 1.807) is 22.1 Å². The molecule has 1 aliphatic carbocycles. The summed E-state index contributed by atoms with van der Waals surface area (Å²) in [6, 6.07) is 9.91. The monoisotopic (exact) mass is 415 g/mol. The molecule has 7 heteroatoms. The van der Waals surface area contributed by atoms with Crippen LogP contribution in [0.1, 0.15) is 47.8 Å². The third-order valence-electron chi connectivity index (χ3n) is 6.15. The highest BCUT2D eigenvalue weighted by molar-refractivity contribution is 7.89. The molecule has 2 aromatic rings. The first-order valence-corrected chi connectivity index (χ1v) is 11.8. The zero-order chi connectivity index (χ0) is 20.6. The van der Waals surface area contributed by atoms with Crippen LogP contribution in [0.2, 0.25) is 0 Å². The molecule has 0 bridgehead atoms. The predicted molar refractivity (Wildman–Crippen MR) is 112 cm³/mol. The second kappa shape index (κ2) is 7.95. The molecule has 0 spiro atoms. The standard InChI is InChI=1S/C22H29N3O3S/c1-16-6-5-11-25(14-16)29(27,28)20-13-21(24(2)15-20)22(26)23-19-10-9-17-7-3-4-8-18(17)12-19/h3-4,7-8,13,15-16,19H,5-6,9-12,14H2,1-2H3,(H,23,26). The number of hydrogen-bond donors (Lipinski definition) is 1. The van der Waals surface area contributed by atoms with Crippen molar-refractivity contribution in [2.75, 3.05) is 13.1 Å². The minimum atomic E-state index is -3.57. The number of hydrogen-bond acceptors (Lipinski definition) is 3. The van der Waals surface area contributed by atoms with Gasteiger partial charge in [0.2, 0.25) is 10.0 Å². The van der Waals surface area contributed by atoms with Gasteiger partial charge in [0, 0.05) is 32.4 Å². The van der Waals surface area contributed by atoms with E-state index in [1.165, 1.54) is 17.2 Å². The fraction of sp³-hybridized carbons (Fsp3) is 0.500. The maximum Gasteiger partial charge on any atom is 0.268 e. The predicted octanol–water partition coefficient (Wildman–Crippen LogP) is 2.73. The normalized spacial score (nSPS) is 22.8. The van der Waals surface area contributed by atoms with Crippen LogP contribution in [0.25, 0.3) is 0 Å². The highest BCUT2D eigenvalue weighted by atomic mass is 32.2. The van der Waals surface area contributed by atoms with Crippen LogP contribution < -0.4 is 5.32 Å². The first kappa shape index (κ1) is 20.2. The third-order valence-corrected chi connectivity index (χ3v) is 7.98. The van der Waals surface area contributed by atoms with E-state index in [4.69, 9.17) is 0 Å². The summed E-state index contributed by atoms with van der Waals surface area (Å²) in [4.78, 5) is 13.1. The van der Waals surface area contributed by atoms with Crippen molar-refractivity contribution in [3.63, 3.8) is 0 Å². The van der Waals surface area contributed by atoms with Crippen molar-refractivity contribution >= 4 is 15.9 Å². The summed E-state index contributed by atoms with van der Waals surface area (Å²) in [6.45, 7) is 3.17. The van der Waals surface area contributed by atoms with Crippen molar-refractivity contribution < 1.29 is 13.2 Å². The summed E-state index contributed by atoms with van der Waals surface area (Å²) in [5.41, 5.74) is 3.01. The van der Waals surface area contributed by atoms with Crippen LogP contribution in [0.15, 0.2) is 41.4 Å². The lowest BCUT2D eigenvalue weighted by Crippen LogP contribution is -2.39. The summed E-state index contributed by atoms with van der Waals surface area (Å²) in [6.07, 6.45) is 6.14. The Kier molecular flexibility index (Phi) is 5.53. The molecule has 29 heavy (non-hydrogen) atoms. The van der Waals surface area contributed by atoms with Crippen LogP contribution in [-0.4, -0.2) is 42.3 Å². The quantitative estimate of drug-likeness (QED) is 0.835. The largest absolute Gasteiger partial charge is 0.348 e. The lowest BCUT2D eigenvalue weighted by atomic mass is 9.88. The van der Waals surface area contributed by atoms with Crippen LogP contribution in [0.5, 0.6) is 0 Å². The van der Waals surface area contributed by atoms with Gasteiger partial charge in [0.25, 0.3) is 5.91 Å². The lowest BCUT2D eigenvalue weighted by Gasteiger charge is -2.29. The topological polar surface area (TPSA) is 71.4 Å². The highest BCUT2D eigenvalue weighted by Gasteiger charge is 2.31. The van der Waals surface area contributed by atoms with E-state index >= 15 is 0 Å². The molecule has 1 amide bonds. The summed E-state index contributed by atoms with van der Waals surface area (Å²) in [5.74, 6) is 0.143. The van der Waals surface area contributed by atoms with Gasteiger partial charge in [-0.2, -0.15) is 4.31 Å². The number of benzene rings is 1. The van der Waals surface area contributed by atoms with Crippen LogP contribution in [0.3, 0.4) is 0 Å². The number of rotatable bonds is 4. The van der Waals surface area contributed by atoms with E-state index in [-0.39, 0.29) is 16.8 Å². The van der Waals surface area contributed by atoms with Crippen LogP contribution >= 0.6 is 0 Å². The second-order valence-electron chi connectivity index (χ2n) is 8.46. The Balaban J connectivity index is 1.48. The Bertz CT molecular complexity index is 1010. The molecule has 6 nitrogen and oxygen atoms in total. The van der Waals surface area contributed by atoms with Crippen molar-refractivity contribution in [2.45, 2.75) is 50.0 Å². The van der Waals surface area contributed by atoms with Gasteiger partial charge >= 0.3 is 0 Å². The Labute approximate surface area is 173 Å². The molecule has 1 fully saturated rings. The Hall–Kier alpha value is -2.12. The molecule has 1 saturated heterocycles. The molecule has 2 heterocycles. The minimum absolute atomic E-state index is 0.0651. The zero-order valence-corrected chi connectivity index (χ0v) is 17.9. The van der Waals surface area contributed by atoms with Gasteiger partial charge in [0.1, 0.15) is 10.6 Å². The van der Waals surface area contributed by atoms with Crippen LogP contribution in [-0.2, 0) is 29.9 Å². The highest BCUT2D eigenvalue weighted by Crippen LogP contribution is 2.25. The number of carbonyl (C=O) groups is 1. The van der Waals surface area contributed by atoms with Crippen molar-refractivity contribution in [3.8, 4) is 0 Å². The van der Waals surface area contributed by atoms with Crippen molar-refractivity contribution in [2.24, 2.45) is 13.0 Å². The molecule has 2 unspecified atom stereocenters. The molecule has 1 N–H and O–H groups in total. The number of fused-ring (bicyclic) bond motifs is 1. The number of aryl methyl sites for hydroxylation is 2. The van der Waals surface area contributed by atoms with Crippen molar-refractivity contribution in [1.29, 1.82) is 0 Å².